The molecule has 0 bridgehead atoms. The van der Waals surface area contributed by atoms with Crippen molar-refractivity contribution in [1.29, 1.82) is 0 Å². The van der Waals surface area contributed by atoms with Gasteiger partial charge < -0.3 is 10.0 Å². The van der Waals surface area contributed by atoms with Gasteiger partial charge in [0.2, 0.25) is 0 Å². The minimum atomic E-state index is -1.03. The van der Waals surface area contributed by atoms with Gasteiger partial charge in [0, 0.05) is 13.1 Å². The Balaban J connectivity index is 1.83. The molecule has 0 spiro atoms. The predicted octanol–water partition coefficient (Wildman–Crippen LogP) is 0.318. The summed E-state index contributed by atoms with van der Waals surface area (Å²) in [6.45, 7) is 6.11. The van der Waals surface area contributed by atoms with E-state index in [0.29, 0.717) is 6.54 Å². The molecule has 1 atom stereocenters. The van der Waals surface area contributed by atoms with Gasteiger partial charge in [-0.15, -0.1) is 5.10 Å². The first-order valence-electron chi connectivity index (χ1n) is 5.51. The average molecular weight is 224 g/mol. The van der Waals surface area contributed by atoms with Crippen molar-refractivity contribution in [2.75, 3.05) is 19.6 Å². The second-order valence-electron chi connectivity index (χ2n) is 4.37. The molecule has 1 aliphatic heterocycles. The maximum Gasteiger partial charge on any atom is 0.358 e. The molecule has 1 aromatic rings. The average Bonchev–Trinajstić information content (AvgIpc) is 2.83. The summed E-state index contributed by atoms with van der Waals surface area (Å²) in [5, 5.41) is 16.0. The van der Waals surface area contributed by atoms with Gasteiger partial charge in [0.25, 0.3) is 0 Å². The number of rotatable bonds is 4. The fourth-order valence-corrected chi connectivity index (χ4v) is 1.98. The van der Waals surface area contributed by atoms with Crippen LogP contribution in [0.2, 0.25) is 0 Å². The molecular formula is C10H16N4O2. The van der Waals surface area contributed by atoms with Crippen LogP contribution >= 0.6 is 0 Å². The third-order valence-corrected chi connectivity index (χ3v) is 2.91. The van der Waals surface area contributed by atoms with E-state index in [2.05, 4.69) is 22.1 Å². The lowest BCUT2D eigenvalue weighted by Crippen LogP contribution is -2.25. The first-order chi connectivity index (χ1) is 7.65. The molecule has 1 aromatic heterocycles. The number of likely N-dealkylation sites (tertiary alicyclic amines) is 1. The quantitative estimate of drug-likeness (QED) is 0.797. The summed E-state index contributed by atoms with van der Waals surface area (Å²) in [6, 6.07) is 0. The first kappa shape index (κ1) is 11.1. The van der Waals surface area contributed by atoms with Crippen LogP contribution in [0.1, 0.15) is 23.8 Å². The number of nitrogens with zero attached hydrogens (tertiary/aromatic N) is 4. The van der Waals surface area contributed by atoms with Gasteiger partial charge in [-0.1, -0.05) is 12.1 Å². The van der Waals surface area contributed by atoms with Gasteiger partial charge in [0.1, 0.15) is 0 Å². The van der Waals surface area contributed by atoms with E-state index in [1.54, 1.807) is 4.68 Å². The van der Waals surface area contributed by atoms with Crippen molar-refractivity contribution < 1.29 is 9.90 Å². The molecule has 6 nitrogen and oxygen atoms in total. The normalized spacial score (nSPS) is 21.4. The lowest BCUT2D eigenvalue weighted by molar-refractivity contribution is 0.0690. The second-order valence-corrected chi connectivity index (χ2v) is 4.37. The molecule has 0 aromatic carbocycles. The molecule has 6 heteroatoms. The van der Waals surface area contributed by atoms with E-state index in [0.717, 1.165) is 25.6 Å². The third kappa shape index (κ3) is 2.57. The van der Waals surface area contributed by atoms with Crippen LogP contribution in [0.4, 0.5) is 0 Å². The van der Waals surface area contributed by atoms with Crippen LogP contribution in [0.25, 0.3) is 0 Å². The van der Waals surface area contributed by atoms with Crippen LogP contribution in [0.5, 0.6) is 0 Å². The zero-order valence-electron chi connectivity index (χ0n) is 9.33. The Bertz CT molecular complexity index is 377. The molecular weight excluding hydrogens is 208 g/mol. The maximum atomic E-state index is 10.6. The summed E-state index contributed by atoms with van der Waals surface area (Å²) < 4.78 is 1.59. The van der Waals surface area contributed by atoms with Crippen LogP contribution in [0.3, 0.4) is 0 Å². The predicted molar refractivity (Wildman–Crippen MR) is 57.2 cm³/mol. The second kappa shape index (κ2) is 4.61. The number of carboxylic acid groups (broad SMARTS) is 1. The van der Waals surface area contributed by atoms with E-state index >= 15 is 0 Å². The van der Waals surface area contributed by atoms with Gasteiger partial charge in [-0.05, 0) is 18.9 Å². The molecule has 1 N–H and O–H groups in total. The molecule has 1 unspecified atom stereocenters. The highest BCUT2D eigenvalue weighted by atomic mass is 16.4. The highest BCUT2D eigenvalue weighted by molar-refractivity contribution is 5.84. The number of hydrogen-bond donors (Lipinski definition) is 1. The first-order valence-corrected chi connectivity index (χ1v) is 5.51. The smallest absolute Gasteiger partial charge is 0.358 e. The third-order valence-electron chi connectivity index (χ3n) is 2.91. The van der Waals surface area contributed by atoms with E-state index in [1.807, 2.05) is 0 Å². The van der Waals surface area contributed by atoms with Crippen molar-refractivity contribution in [3.05, 3.63) is 11.9 Å². The minimum absolute atomic E-state index is 0.00906. The van der Waals surface area contributed by atoms with Crippen molar-refractivity contribution in [2.45, 2.75) is 19.9 Å². The van der Waals surface area contributed by atoms with Crippen molar-refractivity contribution >= 4 is 5.97 Å². The van der Waals surface area contributed by atoms with Gasteiger partial charge in [-0.25, -0.2) is 4.79 Å². The fourth-order valence-electron chi connectivity index (χ4n) is 1.98. The van der Waals surface area contributed by atoms with Crippen molar-refractivity contribution in [3.63, 3.8) is 0 Å². The summed E-state index contributed by atoms with van der Waals surface area (Å²) in [4.78, 5) is 13.0. The van der Waals surface area contributed by atoms with Gasteiger partial charge in [0.15, 0.2) is 5.69 Å². The largest absolute Gasteiger partial charge is 0.476 e. The Hall–Kier alpha value is -1.43. The molecule has 1 fully saturated rings. The summed E-state index contributed by atoms with van der Waals surface area (Å²) >= 11 is 0. The number of hydrogen-bond acceptors (Lipinski definition) is 4. The highest BCUT2D eigenvalue weighted by Crippen LogP contribution is 2.14. The van der Waals surface area contributed by atoms with Crippen LogP contribution in [0, 0.1) is 5.92 Å². The lowest BCUT2D eigenvalue weighted by atomic mass is 10.2. The van der Waals surface area contributed by atoms with Crippen LogP contribution < -0.4 is 0 Å². The topological polar surface area (TPSA) is 71.2 Å². The molecule has 1 saturated heterocycles. The maximum absolute atomic E-state index is 10.6. The molecule has 0 saturated carbocycles. The number of carboxylic acids is 1. The minimum Gasteiger partial charge on any atom is -0.476 e. The molecule has 0 radical (unpaired) electrons. The Kier molecular flexibility index (Phi) is 3.19. The van der Waals surface area contributed by atoms with E-state index in [4.69, 9.17) is 5.11 Å². The van der Waals surface area contributed by atoms with Gasteiger partial charge in [-0.2, -0.15) is 0 Å². The standard InChI is InChI=1S/C10H16N4O2/c1-8-2-3-13(6-8)4-5-14-7-9(10(15)16)11-12-14/h7-8H,2-6H2,1H3,(H,15,16). The van der Waals surface area contributed by atoms with Crippen molar-refractivity contribution in [1.82, 2.24) is 19.9 Å². The SMILES string of the molecule is CC1CCN(CCn2cc(C(=O)O)nn2)C1. The molecule has 0 aliphatic carbocycles. The number of aromatic carboxylic acids is 1. The van der Waals surface area contributed by atoms with Crippen LogP contribution in [-0.2, 0) is 6.54 Å². The zero-order chi connectivity index (χ0) is 11.5. The van der Waals surface area contributed by atoms with Gasteiger partial charge in [-0.3, -0.25) is 4.68 Å². The van der Waals surface area contributed by atoms with Crippen LogP contribution in [-0.4, -0.2) is 50.6 Å². The molecule has 16 heavy (non-hydrogen) atoms. The Morgan fingerprint density at radius 2 is 2.44 bits per heavy atom. The molecule has 88 valence electrons. The Morgan fingerprint density at radius 3 is 3.00 bits per heavy atom. The number of carbonyl (C=O) groups is 1. The van der Waals surface area contributed by atoms with E-state index < -0.39 is 5.97 Å². The monoisotopic (exact) mass is 224 g/mol. The van der Waals surface area contributed by atoms with Gasteiger partial charge in [0.05, 0.1) is 12.7 Å². The van der Waals surface area contributed by atoms with Crippen LogP contribution in [0.15, 0.2) is 6.20 Å². The zero-order valence-corrected chi connectivity index (χ0v) is 9.33. The summed E-state index contributed by atoms with van der Waals surface area (Å²) in [7, 11) is 0. The summed E-state index contributed by atoms with van der Waals surface area (Å²) in [5.41, 5.74) is 0.00906. The molecule has 2 heterocycles. The Labute approximate surface area is 93.9 Å². The highest BCUT2D eigenvalue weighted by Gasteiger charge is 2.18. The van der Waals surface area contributed by atoms with Crippen molar-refractivity contribution in [2.24, 2.45) is 5.92 Å². The number of aromatic nitrogens is 3. The molecule has 0 amide bonds. The van der Waals surface area contributed by atoms with E-state index in [-0.39, 0.29) is 5.69 Å². The van der Waals surface area contributed by atoms with E-state index in [1.165, 1.54) is 12.6 Å². The molecule has 2 rings (SSSR count). The summed E-state index contributed by atoms with van der Waals surface area (Å²) in [5.74, 6) is -0.258. The fraction of sp³-hybridized carbons (Fsp3) is 0.700. The van der Waals surface area contributed by atoms with Gasteiger partial charge >= 0.3 is 5.97 Å². The summed E-state index contributed by atoms with van der Waals surface area (Å²) in [6.07, 6.45) is 2.72. The Morgan fingerprint density at radius 1 is 1.62 bits per heavy atom. The van der Waals surface area contributed by atoms with Crippen molar-refractivity contribution in [3.8, 4) is 0 Å². The molecule has 1 aliphatic rings. The lowest BCUT2D eigenvalue weighted by Gasteiger charge is -2.14. The van der Waals surface area contributed by atoms with E-state index in [9.17, 15) is 4.79 Å².